The molecule has 1 unspecified atom stereocenters. The van der Waals surface area contributed by atoms with Crippen LogP contribution >= 0.6 is 0 Å². The smallest absolute Gasteiger partial charge is 0.412 e. The fourth-order valence-electron chi connectivity index (χ4n) is 4.71. The Morgan fingerprint density at radius 3 is 2.31 bits per heavy atom. The number of ether oxygens (including phenoxy) is 1. The van der Waals surface area contributed by atoms with Crippen LogP contribution in [0, 0.1) is 12.7 Å². The van der Waals surface area contributed by atoms with Gasteiger partial charge in [-0.15, -0.1) is 0 Å². The second-order valence-corrected chi connectivity index (χ2v) is 11.9. The summed E-state index contributed by atoms with van der Waals surface area (Å²) >= 11 is 0. The van der Waals surface area contributed by atoms with Crippen molar-refractivity contribution in [1.29, 1.82) is 0 Å². The lowest BCUT2D eigenvalue weighted by Crippen LogP contribution is -2.44. The van der Waals surface area contributed by atoms with E-state index in [2.05, 4.69) is 31.1 Å². The molecule has 3 aromatic carbocycles. The van der Waals surface area contributed by atoms with E-state index >= 15 is 4.39 Å². The average molecular weight is 653 g/mol. The van der Waals surface area contributed by atoms with Gasteiger partial charge in [-0.3, -0.25) is 10.6 Å². The van der Waals surface area contributed by atoms with Crippen molar-refractivity contribution in [2.24, 2.45) is 0 Å². The molecule has 2 heterocycles. The summed E-state index contributed by atoms with van der Waals surface area (Å²) in [5, 5.41) is 21.2. The zero-order valence-corrected chi connectivity index (χ0v) is 26.6. The number of aryl methyl sites for hydroxylation is 1. The highest BCUT2D eigenvalue weighted by Gasteiger charge is 2.23. The average Bonchev–Trinajstić information content (AvgIpc) is 3.51. The number of carboxylic acid groups (broad SMARTS) is 1. The van der Waals surface area contributed by atoms with E-state index < -0.39 is 35.6 Å². The number of rotatable bonds is 9. The van der Waals surface area contributed by atoms with Crippen LogP contribution in [0.15, 0.2) is 89.6 Å². The highest BCUT2D eigenvalue weighted by Crippen LogP contribution is 2.27. The summed E-state index contributed by atoms with van der Waals surface area (Å²) in [5.74, 6) is -1.66. The van der Waals surface area contributed by atoms with Gasteiger partial charge in [-0.05, 0) is 92.9 Å². The molecule has 0 aliphatic carbocycles. The first-order valence-electron chi connectivity index (χ1n) is 14.9. The molecule has 1 atom stereocenters. The van der Waals surface area contributed by atoms with Crippen LogP contribution in [0.3, 0.4) is 0 Å². The highest BCUT2D eigenvalue weighted by atomic mass is 19.1. The maximum atomic E-state index is 15.2. The number of carbonyl (C=O) groups excluding carboxylic acids is 2. The van der Waals surface area contributed by atoms with Gasteiger partial charge in [-0.1, -0.05) is 35.5 Å². The number of benzene rings is 3. The molecule has 12 nitrogen and oxygen atoms in total. The largest absolute Gasteiger partial charge is 0.480 e. The SMILES string of the molecule is Cc1ccccc1-c1ccc(NC(=O)NC(Cc2ccc(-c3noc(-c4ccc(NC(=O)OC(C)(C)C)cc4)n3)c(F)c2)C(=O)O)nc1. The van der Waals surface area contributed by atoms with Gasteiger partial charge in [0.1, 0.15) is 23.3 Å². The second kappa shape index (κ2) is 14.1. The van der Waals surface area contributed by atoms with Gasteiger partial charge >= 0.3 is 18.1 Å². The van der Waals surface area contributed by atoms with Gasteiger partial charge in [0.25, 0.3) is 5.89 Å². The number of pyridine rings is 1. The lowest BCUT2D eigenvalue weighted by Gasteiger charge is -2.19. The topological polar surface area (TPSA) is 169 Å². The Balaban J connectivity index is 1.20. The molecule has 3 amide bonds. The van der Waals surface area contributed by atoms with E-state index in [0.29, 0.717) is 16.8 Å². The lowest BCUT2D eigenvalue weighted by atomic mass is 10.0. The zero-order chi connectivity index (χ0) is 34.4. The summed E-state index contributed by atoms with van der Waals surface area (Å²) in [6, 6.07) is 19.7. The third kappa shape index (κ3) is 8.57. The van der Waals surface area contributed by atoms with Crippen LogP contribution in [-0.4, -0.2) is 50.0 Å². The van der Waals surface area contributed by atoms with Crippen molar-refractivity contribution < 1.29 is 33.1 Å². The molecule has 0 aliphatic heterocycles. The van der Waals surface area contributed by atoms with Crippen molar-refractivity contribution in [3.05, 3.63) is 102 Å². The van der Waals surface area contributed by atoms with E-state index in [-0.39, 0.29) is 29.5 Å². The van der Waals surface area contributed by atoms with Crippen molar-refractivity contribution in [3.63, 3.8) is 0 Å². The molecule has 2 aromatic heterocycles. The number of nitrogens with zero attached hydrogens (tertiary/aromatic N) is 3. The maximum Gasteiger partial charge on any atom is 0.412 e. The zero-order valence-electron chi connectivity index (χ0n) is 26.6. The van der Waals surface area contributed by atoms with E-state index in [4.69, 9.17) is 9.26 Å². The molecule has 5 aromatic rings. The molecular formula is C35H33FN6O6. The summed E-state index contributed by atoms with van der Waals surface area (Å²) in [4.78, 5) is 45.1. The summed E-state index contributed by atoms with van der Waals surface area (Å²) in [6.07, 6.45) is 0.826. The number of amides is 3. The van der Waals surface area contributed by atoms with Crippen LogP contribution in [0.25, 0.3) is 34.0 Å². The van der Waals surface area contributed by atoms with Crippen molar-refractivity contribution in [1.82, 2.24) is 20.4 Å². The van der Waals surface area contributed by atoms with Crippen molar-refractivity contribution in [2.45, 2.75) is 45.8 Å². The molecule has 246 valence electrons. The van der Waals surface area contributed by atoms with Gasteiger partial charge in [0, 0.05) is 29.4 Å². The van der Waals surface area contributed by atoms with E-state index in [1.54, 1.807) is 63.4 Å². The van der Waals surface area contributed by atoms with Crippen LogP contribution in [0.4, 0.5) is 25.5 Å². The Kier molecular flexibility index (Phi) is 9.78. The van der Waals surface area contributed by atoms with Crippen LogP contribution in [-0.2, 0) is 16.0 Å². The predicted molar refractivity (Wildman–Crippen MR) is 177 cm³/mol. The third-order valence-corrected chi connectivity index (χ3v) is 6.98. The first-order chi connectivity index (χ1) is 22.8. The molecule has 0 aliphatic rings. The molecule has 0 radical (unpaired) electrons. The van der Waals surface area contributed by atoms with Crippen molar-refractivity contribution in [2.75, 3.05) is 10.6 Å². The monoisotopic (exact) mass is 652 g/mol. The number of halogens is 1. The number of anilines is 2. The molecule has 0 saturated carbocycles. The fourth-order valence-corrected chi connectivity index (χ4v) is 4.71. The Bertz CT molecular complexity index is 1940. The first kappa shape index (κ1) is 33.3. The van der Waals surface area contributed by atoms with Gasteiger partial charge in [-0.2, -0.15) is 4.98 Å². The molecule has 4 N–H and O–H groups in total. The minimum atomic E-state index is -1.36. The normalized spacial score (nSPS) is 11.8. The van der Waals surface area contributed by atoms with E-state index in [1.165, 1.54) is 12.1 Å². The molecule has 0 fully saturated rings. The summed E-state index contributed by atoms with van der Waals surface area (Å²) < 4.78 is 25.8. The molecule has 0 saturated heterocycles. The number of aliphatic carboxylic acids is 1. The third-order valence-electron chi connectivity index (χ3n) is 6.98. The van der Waals surface area contributed by atoms with E-state index in [0.717, 1.165) is 22.8 Å². The van der Waals surface area contributed by atoms with Crippen LogP contribution in [0.1, 0.15) is 31.9 Å². The Labute approximate surface area is 275 Å². The number of nitrogens with one attached hydrogen (secondary N) is 3. The van der Waals surface area contributed by atoms with Crippen molar-refractivity contribution in [3.8, 4) is 34.0 Å². The van der Waals surface area contributed by atoms with E-state index in [1.807, 2.05) is 31.2 Å². The summed E-state index contributed by atoms with van der Waals surface area (Å²) in [7, 11) is 0. The number of aromatic nitrogens is 3. The number of hydrogen-bond donors (Lipinski definition) is 4. The van der Waals surface area contributed by atoms with Gasteiger partial charge in [-0.25, -0.2) is 23.8 Å². The highest BCUT2D eigenvalue weighted by molar-refractivity contribution is 5.91. The Hall–Kier alpha value is -6.11. The van der Waals surface area contributed by atoms with E-state index in [9.17, 15) is 19.5 Å². The summed E-state index contributed by atoms with van der Waals surface area (Å²) in [6.45, 7) is 7.27. The number of carboxylic acids is 1. The molecule has 13 heteroatoms. The molecule has 0 spiro atoms. The number of urea groups is 1. The molecule has 0 bridgehead atoms. The van der Waals surface area contributed by atoms with Crippen LogP contribution in [0.2, 0.25) is 0 Å². The standard InChI is InChI=1S/C35H33FN6O6/c1-20-7-5-6-8-25(20)23-12-16-29(37-19-23)40-33(45)39-28(32(43)44)18-21-9-15-26(27(36)17-21)30-41-31(48-42-30)22-10-13-24(14-11-22)38-34(46)47-35(2,3)4/h5-17,19,28H,18H2,1-4H3,(H,38,46)(H,43,44)(H2,37,39,40,45). The van der Waals surface area contributed by atoms with Crippen LogP contribution < -0.4 is 16.0 Å². The minimum Gasteiger partial charge on any atom is -0.480 e. The maximum absolute atomic E-state index is 15.2. The Morgan fingerprint density at radius 2 is 1.67 bits per heavy atom. The van der Waals surface area contributed by atoms with Crippen molar-refractivity contribution >= 4 is 29.6 Å². The number of carbonyl (C=O) groups is 3. The molecular weight excluding hydrogens is 619 g/mol. The number of hydrogen-bond acceptors (Lipinski definition) is 8. The predicted octanol–water partition coefficient (Wildman–Crippen LogP) is 7.08. The van der Waals surface area contributed by atoms with Gasteiger partial charge < -0.3 is 19.7 Å². The quantitative estimate of drug-likeness (QED) is 0.130. The summed E-state index contributed by atoms with van der Waals surface area (Å²) in [5.41, 5.74) is 3.69. The van der Waals surface area contributed by atoms with Gasteiger partial charge in [0.15, 0.2) is 0 Å². The Morgan fingerprint density at radius 1 is 0.938 bits per heavy atom. The molecule has 48 heavy (non-hydrogen) atoms. The lowest BCUT2D eigenvalue weighted by molar-refractivity contribution is -0.139. The van der Waals surface area contributed by atoms with Gasteiger partial charge in [0.05, 0.1) is 5.56 Å². The minimum absolute atomic E-state index is 0.0155. The molecule has 5 rings (SSSR count). The fraction of sp³-hybridized carbons (Fsp3) is 0.200. The first-order valence-corrected chi connectivity index (χ1v) is 14.9. The van der Waals surface area contributed by atoms with Gasteiger partial charge in [0.2, 0.25) is 5.82 Å². The second-order valence-electron chi connectivity index (χ2n) is 11.9. The van der Waals surface area contributed by atoms with Crippen LogP contribution in [0.5, 0.6) is 0 Å².